The second kappa shape index (κ2) is 7.90. The minimum absolute atomic E-state index is 0.469. The molecule has 2 aromatic carbocycles. The Bertz CT molecular complexity index is 832. The zero-order chi connectivity index (χ0) is 18.7. The number of aliphatic imine (C=N–C) groups is 1. The zero-order valence-corrected chi connectivity index (χ0v) is 16.5. The van der Waals surface area contributed by atoms with E-state index >= 15 is 0 Å². The summed E-state index contributed by atoms with van der Waals surface area (Å²) in [5.41, 5.74) is 8.83. The van der Waals surface area contributed by atoms with Gasteiger partial charge in [0.2, 0.25) is 0 Å². The average Bonchev–Trinajstić information content (AvgIpc) is 2.66. The molecular weight excluding hydrogens is 316 g/mol. The maximum Gasteiger partial charge on any atom is 0.0664 e. The first-order valence-corrected chi connectivity index (χ1v) is 9.76. The average molecular weight is 347 g/mol. The number of hydrogen-bond acceptors (Lipinski definition) is 2. The Morgan fingerprint density at radius 1 is 1.27 bits per heavy atom. The van der Waals surface area contributed by atoms with Crippen molar-refractivity contribution >= 4 is 17.6 Å². The van der Waals surface area contributed by atoms with Gasteiger partial charge < -0.3 is 5.32 Å². The van der Waals surface area contributed by atoms with E-state index in [4.69, 9.17) is 4.99 Å². The van der Waals surface area contributed by atoms with Crippen molar-refractivity contribution in [3.63, 3.8) is 0 Å². The maximum absolute atomic E-state index is 4.75. The molecule has 0 fully saturated rings. The number of benzene rings is 2. The molecule has 2 atom stereocenters. The van der Waals surface area contributed by atoms with Crippen LogP contribution in [0.15, 0.2) is 48.1 Å². The van der Waals surface area contributed by atoms with Gasteiger partial charge >= 0.3 is 0 Å². The highest BCUT2D eigenvalue weighted by atomic mass is 14.8. The van der Waals surface area contributed by atoms with E-state index < -0.39 is 0 Å². The third kappa shape index (κ3) is 3.60. The van der Waals surface area contributed by atoms with Crippen LogP contribution in [0.25, 0.3) is 11.1 Å². The molecule has 0 saturated heterocycles. The predicted octanol–water partition coefficient (Wildman–Crippen LogP) is 7.02. The van der Waals surface area contributed by atoms with Gasteiger partial charge in [-0.05, 0) is 84.2 Å². The van der Waals surface area contributed by atoms with Crippen LogP contribution < -0.4 is 5.32 Å². The lowest BCUT2D eigenvalue weighted by Crippen LogP contribution is -2.09. The minimum atomic E-state index is 0.469. The fourth-order valence-electron chi connectivity index (χ4n) is 3.80. The van der Waals surface area contributed by atoms with Gasteiger partial charge in [0.25, 0.3) is 0 Å². The summed E-state index contributed by atoms with van der Waals surface area (Å²) in [7, 11) is 0. The molecular formula is C24H30N2. The highest BCUT2D eigenvalue weighted by molar-refractivity contribution is 5.80. The standard InChI is InChI=1S/C24H30N2/c1-6-17(5)24-21(11-16(4)12-23(24)25-8-3)19-9-10-20-13-18(7-2)15-26-22(20)14-19/h8-12,14-15,17-18,25H,3,6-7,13H2,1-2,4-5H3. The Balaban J connectivity index is 2.13. The number of hydrogen-bond donors (Lipinski definition) is 1. The largest absolute Gasteiger partial charge is 0.362 e. The van der Waals surface area contributed by atoms with Crippen molar-refractivity contribution in [3.8, 4) is 11.1 Å². The first-order chi connectivity index (χ1) is 12.6. The normalized spacial score (nSPS) is 16.8. The van der Waals surface area contributed by atoms with Crippen LogP contribution in [0.3, 0.4) is 0 Å². The molecule has 1 N–H and O–H groups in total. The van der Waals surface area contributed by atoms with Crippen LogP contribution in [0.1, 0.15) is 56.2 Å². The van der Waals surface area contributed by atoms with E-state index in [-0.39, 0.29) is 0 Å². The molecule has 0 saturated carbocycles. The van der Waals surface area contributed by atoms with E-state index in [9.17, 15) is 0 Å². The highest BCUT2D eigenvalue weighted by Gasteiger charge is 2.19. The van der Waals surface area contributed by atoms with Crippen LogP contribution in [0.2, 0.25) is 0 Å². The summed E-state index contributed by atoms with van der Waals surface area (Å²) in [6, 6.07) is 11.3. The summed E-state index contributed by atoms with van der Waals surface area (Å²) in [6.07, 6.45) is 7.25. The highest BCUT2D eigenvalue weighted by Crippen LogP contribution is 2.40. The van der Waals surface area contributed by atoms with E-state index in [2.05, 4.69) is 76.1 Å². The van der Waals surface area contributed by atoms with Crippen LogP contribution in [0.4, 0.5) is 11.4 Å². The molecule has 0 aromatic heterocycles. The van der Waals surface area contributed by atoms with Gasteiger partial charge in [0.15, 0.2) is 0 Å². The Morgan fingerprint density at radius 2 is 2.08 bits per heavy atom. The summed E-state index contributed by atoms with van der Waals surface area (Å²) in [5.74, 6) is 1.04. The van der Waals surface area contributed by atoms with Crippen LogP contribution >= 0.6 is 0 Å². The lowest BCUT2D eigenvalue weighted by molar-refractivity contribution is 0.667. The van der Waals surface area contributed by atoms with E-state index in [1.165, 1.54) is 27.8 Å². The lowest BCUT2D eigenvalue weighted by Gasteiger charge is -2.22. The molecule has 1 heterocycles. The third-order valence-corrected chi connectivity index (χ3v) is 5.51. The van der Waals surface area contributed by atoms with Crippen molar-refractivity contribution in [2.45, 2.75) is 52.9 Å². The lowest BCUT2D eigenvalue weighted by atomic mass is 9.86. The van der Waals surface area contributed by atoms with E-state index in [0.717, 1.165) is 30.6 Å². The van der Waals surface area contributed by atoms with Crippen molar-refractivity contribution < 1.29 is 0 Å². The monoisotopic (exact) mass is 346 g/mol. The van der Waals surface area contributed by atoms with Gasteiger partial charge in [-0.3, -0.25) is 4.99 Å². The summed E-state index contributed by atoms with van der Waals surface area (Å²) in [6.45, 7) is 12.8. The number of nitrogens with zero attached hydrogens (tertiary/aromatic N) is 1. The molecule has 0 bridgehead atoms. The van der Waals surface area contributed by atoms with E-state index in [1.54, 1.807) is 6.20 Å². The fourth-order valence-corrected chi connectivity index (χ4v) is 3.80. The zero-order valence-electron chi connectivity index (χ0n) is 16.5. The molecule has 0 aliphatic carbocycles. The van der Waals surface area contributed by atoms with Gasteiger partial charge in [-0.2, -0.15) is 0 Å². The number of anilines is 1. The molecule has 26 heavy (non-hydrogen) atoms. The second-order valence-electron chi connectivity index (χ2n) is 7.43. The molecule has 2 aromatic rings. The molecule has 2 nitrogen and oxygen atoms in total. The molecule has 0 spiro atoms. The number of rotatable bonds is 6. The molecule has 3 rings (SSSR count). The molecule has 0 amide bonds. The van der Waals surface area contributed by atoms with Gasteiger partial charge in [0, 0.05) is 11.9 Å². The van der Waals surface area contributed by atoms with Crippen LogP contribution in [-0.4, -0.2) is 6.21 Å². The fraction of sp³-hybridized carbons (Fsp3) is 0.375. The first-order valence-electron chi connectivity index (χ1n) is 9.76. The Kier molecular flexibility index (Phi) is 5.61. The topological polar surface area (TPSA) is 24.4 Å². The summed E-state index contributed by atoms with van der Waals surface area (Å²) in [4.78, 5) is 4.75. The summed E-state index contributed by atoms with van der Waals surface area (Å²) >= 11 is 0. The van der Waals surface area contributed by atoms with Crippen LogP contribution in [0, 0.1) is 12.8 Å². The van der Waals surface area contributed by atoms with Crippen LogP contribution in [-0.2, 0) is 6.42 Å². The van der Waals surface area contributed by atoms with Crippen molar-refractivity contribution in [3.05, 3.63) is 59.8 Å². The smallest absolute Gasteiger partial charge is 0.0664 e. The van der Waals surface area contributed by atoms with Gasteiger partial charge in [0.05, 0.1) is 5.69 Å². The minimum Gasteiger partial charge on any atom is -0.362 e. The van der Waals surface area contributed by atoms with Gasteiger partial charge in [-0.1, -0.05) is 45.5 Å². The molecule has 136 valence electrons. The quantitative estimate of drug-likeness (QED) is 0.597. The molecule has 1 aliphatic heterocycles. The molecule has 2 heteroatoms. The predicted molar refractivity (Wildman–Crippen MR) is 115 cm³/mol. The van der Waals surface area contributed by atoms with Crippen molar-refractivity contribution in [2.75, 3.05) is 5.32 Å². The third-order valence-electron chi connectivity index (χ3n) is 5.51. The number of nitrogens with one attached hydrogen (secondary N) is 1. The molecule has 2 unspecified atom stereocenters. The Labute approximate surface area is 158 Å². The van der Waals surface area contributed by atoms with Gasteiger partial charge in [-0.25, -0.2) is 0 Å². The molecule has 1 aliphatic rings. The Morgan fingerprint density at radius 3 is 2.77 bits per heavy atom. The van der Waals surface area contributed by atoms with Crippen molar-refractivity contribution in [1.82, 2.24) is 0 Å². The first kappa shape index (κ1) is 18.4. The maximum atomic E-state index is 4.75. The Hall–Kier alpha value is -2.35. The SMILES string of the molecule is C=CNc1cc(C)cc(-c2ccc3c(c2)N=CC(CC)C3)c1C(C)CC. The van der Waals surface area contributed by atoms with E-state index in [0.29, 0.717) is 11.8 Å². The van der Waals surface area contributed by atoms with Crippen molar-refractivity contribution in [1.29, 1.82) is 0 Å². The second-order valence-corrected chi connectivity index (χ2v) is 7.43. The van der Waals surface area contributed by atoms with Gasteiger partial charge in [-0.15, -0.1) is 0 Å². The summed E-state index contributed by atoms with van der Waals surface area (Å²) in [5, 5.41) is 3.35. The van der Waals surface area contributed by atoms with Crippen LogP contribution in [0.5, 0.6) is 0 Å². The van der Waals surface area contributed by atoms with Gasteiger partial charge in [0.1, 0.15) is 0 Å². The van der Waals surface area contributed by atoms with E-state index in [1.807, 2.05) is 0 Å². The number of fused-ring (bicyclic) bond motifs is 1. The number of aryl methyl sites for hydroxylation is 1. The molecule has 0 radical (unpaired) electrons. The van der Waals surface area contributed by atoms with Crippen molar-refractivity contribution in [2.24, 2.45) is 10.9 Å². The summed E-state index contributed by atoms with van der Waals surface area (Å²) < 4.78 is 0.